The Morgan fingerprint density at radius 1 is 0.824 bits per heavy atom. The van der Waals surface area contributed by atoms with Crippen LogP contribution in [0, 0.1) is 0 Å². The van der Waals surface area contributed by atoms with Crippen LogP contribution in [0.4, 0.5) is 11.5 Å². The van der Waals surface area contributed by atoms with Gasteiger partial charge in [-0.05, 0) is 22.8 Å². The lowest BCUT2D eigenvalue weighted by atomic mass is 9.96. The van der Waals surface area contributed by atoms with E-state index >= 15 is 0 Å². The van der Waals surface area contributed by atoms with Gasteiger partial charge >= 0.3 is 0 Å². The van der Waals surface area contributed by atoms with E-state index < -0.39 is 0 Å². The molecule has 0 saturated carbocycles. The predicted molar refractivity (Wildman–Crippen MR) is 136 cm³/mol. The first-order valence-electron chi connectivity index (χ1n) is 11.0. The van der Waals surface area contributed by atoms with E-state index in [2.05, 4.69) is 56.1 Å². The Kier molecular flexibility index (Phi) is 5.95. The number of fused-ring (bicyclic) bond motifs is 1. The Balaban J connectivity index is 1.67. The Morgan fingerprint density at radius 3 is 2.35 bits per heavy atom. The molecule has 0 atom stereocenters. The zero-order chi connectivity index (χ0) is 23.3. The Morgan fingerprint density at radius 2 is 1.59 bits per heavy atom. The summed E-state index contributed by atoms with van der Waals surface area (Å²) in [6.45, 7) is 2.11. The molecule has 34 heavy (non-hydrogen) atoms. The van der Waals surface area contributed by atoms with Gasteiger partial charge in [-0.1, -0.05) is 78.9 Å². The third kappa shape index (κ3) is 4.47. The van der Waals surface area contributed by atoms with Crippen LogP contribution in [0.25, 0.3) is 33.2 Å². The van der Waals surface area contributed by atoms with Crippen LogP contribution >= 0.6 is 0 Å². The fraction of sp³-hybridized carbons (Fsp3) is 0.0714. The van der Waals surface area contributed by atoms with Crippen LogP contribution in [0.1, 0.15) is 12.5 Å². The van der Waals surface area contributed by atoms with Gasteiger partial charge in [0.25, 0.3) is 0 Å². The van der Waals surface area contributed by atoms with Crippen LogP contribution in [-0.2, 0) is 11.3 Å². The van der Waals surface area contributed by atoms with E-state index in [-0.39, 0.29) is 5.91 Å². The molecular formula is C28H23N5O. The fourth-order valence-electron chi connectivity index (χ4n) is 4.03. The zero-order valence-electron chi connectivity index (χ0n) is 18.7. The molecular weight excluding hydrogens is 422 g/mol. The SMILES string of the molecule is CC(=O)Nc1cncc(-c2nnc(NCc3ccccc3)c3c(-c4ccccc4)cccc23)c1. The molecule has 6 heteroatoms. The van der Waals surface area contributed by atoms with Crippen LogP contribution in [0.15, 0.2) is 97.3 Å². The van der Waals surface area contributed by atoms with Gasteiger partial charge in [0.05, 0.1) is 11.9 Å². The predicted octanol–water partition coefficient (Wildman–Crippen LogP) is 5.93. The van der Waals surface area contributed by atoms with Crippen molar-refractivity contribution in [2.24, 2.45) is 0 Å². The molecule has 0 spiro atoms. The molecule has 0 unspecified atom stereocenters. The number of nitrogens with one attached hydrogen (secondary N) is 2. The monoisotopic (exact) mass is 445 g/mol. The molecule has 1 amide bonds. The summed E-state index contributed by atoms with van der Waals surface area (Å²) in [5, 5.41) is 17.4. The van der Waals surface area contributed by atoms with Crippen molar-refractivity contribution < 1.29 is 4.79 Å². The lowest BCUT2D eigenvalue weighted by Crippen LogP contribution is -2.07. The molecule has 166 valence electrons. The molecule has 2 N–H and O–H groups in total. The van der Waals surface area contributed by atoms with Crippen LogP contribution in [-0.4, -0.2) is 21.1 Å². The summed E-state index contributed by atoms with van der Waals surface area (Å²) in [6, 6.07) is 28.5. The third-order valence-corrected chi connectivity index (χ3v) is 5.53. The van der Waals surface area contributed by atoms with Crippen molar-refractivity contribution in [3.63, 3.8) is 0 Å². The van der Waals surface area contributed by atoms with Crippen LogP contribution < -0.4 is 10.6 Å². The quantitative estimate of drug-likeness (QED) is 0.339. The minimum absolute atomic E-state index is 0.151. The summed E-state index contributed by atoms with van der Waals surface area (Å²) in [6.07, 6.45) is 3.35. The van der Waals surface area contributed by atoms with Gasteiger partial charge in [0.2, 0.25) is 5.91 Å². The molecule has 0 saturated heterocycles. The van der Waals surface area contributed by atoms with Gasteiger partial charge in [-0.25, -0.2) is 0 Å². The van der Waals surface area contributed by atoms with E-state index in [9.17, 15) is 4.79 Å². The maximum absolute atomic E-state index is 11.5. The number of pyridine rings is 1. The largest absolute Gasteiger partial charge is 0.364 e. The molecule has 6 nitrogen and oxygen atoms in total. The highest BCUT2D eigenvalue weighted by Gasteiger charge is 2.16. The third-order valence-electron chi connectivity index (χ3n) is 5.53. The number of hydrogen-bond donors (Lipinski definition) is 2. The average molecular weight is 446 g/mol. The van der Waals surface area contributed by atoms with E-state index in [1.54, 1.807) is 12.4 Å². The molecule has 0 bridgehead atoms. The summed E-state index contributed by atoms with van der Waals surface area (Å²) < 4.78 is 0. The number of benzene rings is 3. The first-order chi connectivity index (χ1) is 16.7. The van der Waals surface area contributed by atoms with Crippen LogP contribution in [0.5, 0.6) is 0 Å². The number of amides is 1. The molecule has 0 aliphatic rings. The second-order valence-corrected chi connectivity index (χ2v) is 7.97. The molecule has 5 rings (SSSR count). The molecule has 0 aliphatic carbocycles. The lowest BCUT2D eigenvalue weighted by Gasteiger charge is -2.15. The topological polar surface area (TPSA) is 79.8 Å². The first-order valence-corrected chi connectivity index (χ1v) is 11.0. The molecule has 0 radical (unpaired) electrons. The molecule has 5 aromatic rings. The number of nitrogens with zero attached hydrogens (tertiary/aromatic N) is 3. The van der Waals surface area contributed by atoms with E-state index in [0.717, 1.165) is 33.0 Å². The van der Waals surface area contributed by atoms with Gasteiger partial charge in [0.1, 0.15) is 5.69 Å². The van der Waals surface area contributed by atoms with E-state index in [1.165, 1.54) is 6.92 Å². The van der Waals surface area contributed by atoms with Crippen molar-refractivity contribution in [3.8, 4) is 22.4 Å². The van der Waals surface area contributed by atoms with Crippen molar-refractivity contribution in [1.82, 2.24) is 15.2 Å². The van der Waals surface area contributed by atoms with Crippen molar-refractivity contribution in [2.75, 3.05) is 10.6 Å². The molecule has 0 aliphatic heterocycles. The molecule has 0 fully saturated rings. The normalized spacial score (nSPS) is 10.7. The van der Waals surface area contributed by atoms with Crippen molar-refractivity contribution in [1.29, 1.82) is 0 Å². The summed E-state index contributed by atoms with van der Waals surface area (Å²) in [5.74, 6) is 0.565. The van der Waals surface area contributed by atoms with Gasteiger partial charge in [-0.15, -0.1) is 10.2 Å². The zero-order valence-corrected chi connectivity index (χ0v) is 18.7. The Hall–Kier alpha value is -4.58. The highest BCUT2D eigenvalue weighted by Crippen LogP contribution is 2.37. The molecule has 3 aromatic carbocycles. The van der Waals surface area contributed by atoms with Crippen molar-refractivity contribution in [2.45, 2.75) is 13.5 Å². The number of rotatable bonds is 6. The van der Waals surface area contributed by atoms with Gasteiger partial charge in [0, 0.05) is 36.0 Å². The first kappa shape index (κ1) is 21.3. The number of aromatic nitrogens is 3. The van der Waals surface area contributed by atoms with Gasteiger partial charge < -0.3 is 10.6 Å². The second kappa shape index (κ2) is 9.50. The van der Waals surface area contributed by atoms with Gasteiger partial charge in [-0.3, -0.25) is 9.78 Å². The molecule has 2 aromatic heterocycles. The average Bonchev–Trinajstić information content (AvgIpc) is 2.88. The lowest BCUT2D eigenvalue weighted by molar-refractivity contribution is -0.114. The maximum atomic E-state index is 11.5. The second-order valence-electron chi connectivity index (χ2n) is 7.97. The fourth-order valence-corrected chi connectivity index (χ4v) is 4.03. The van der Waals surface area contributed by atoms with Gasteiger partial charge in [0.15, 0.2) is 5.82 Å². The standard InChI is InChI=1S/C28H23N5O/c1-19(34)31-23-15-22(17-29-18-23)27-25-14-8-13-24(21-11-6-3-7-12-21)26(25)28(33-32-27)30-16-20-9-4-2-5-10-20/h2-15,17-18H,16H2,1H3,(H,30,33)(H,31,34). The molecule has 2 heterocycles. The highest BCUT2D eigenvalue weighted by molar-refractivity contribution is 6.08. The van der Waals surface area contributed by atoms with E-state index in [0.29, 0.717) is 23.7 Å². The van der Waals surface area contributed by atoms with Crippen molar-refractivity contribution >= 4 is 28.2 Å². The summed E-state index contributed by atoms with van der Waals surface area (Å²) >= 11 is 0. The number of carbonyl (C=O) groups is 1. The Labute approximate surface area is 197 Å². The van der Waals surface area contributed by atoms with E-state index in [1.807, 2.05) is 54.6 Å². The minimum atomic E-state index is -0.151. The van der Waals surface area contributed by atoms with Crippen molar-refractivity contribution in [3.05, 3.63) is 103 Å². The number of carbonyl (C=O) groups excluding carboxylic acids is 1. The summed E-state index contributed by atoms with van der Waals surface area (Å²) in [5.41, 5.74) is 5.42. The van der Waals surface area contributed by atoms with Crippen LogP contribution in [0.3, 0.4) is 0 Å². The summed E-state index contributed by atoms with van der Waals surface area (Å²) in [4.78, 5) is 15.8. The smallest absolute Gasteiger partial charge is 0.221 e. The minimum Gasteiger partial charge on any atom is -0.364 e. The number of hydrogen-bond acceptors (Lipinski definition) is 5. The van der Waals surface area contributed by atoms with Gasteiger partial charge in [-0.2, -0.15) is 0 Å². The summed E-state index contributed by atoms with van der Waals surface area (Å²) in [7, 11) is 0. The van der Waals surface area contributed by atoms with Crippen LogP contribution in [0.2, 0.25) is 0 Å². The number of anilines is 2. The van der Waals surface area contributed by atoms with E-state index in [4.69, 9.17) is 0 Å². The maximum Gasteiger partial charge on any atom is 0.221 e. The Bertz CT molecular complexity index is 1450. The highest BCUT2D eigenvalue weighted by atomic mass is 16.1.